The minimum absolute atomic E-state index is 0.0224. The van der Waals surface area contributed by atoms with Crippen LogP contribution in [0.2, 0.25) is 0 Å². The van der Waals surface area contributed by atoms with Gasteiger partial charge in [0.15, 0.2) is 0 Å². The molecule has 4 nitrogen and oxygen atoms in total. The molecular weight excluding hydrogens is 264 g/mol. The fourth-order valence-corrected chi connectivity index (χ4v) is 2.27. The third-order valence-corrected chi connectivity index (χ3v) is 3.19. The van der Waals surface area contributed by atoms with E-state index in [4.69, 9.17) is 10.5 Å². The maximum absolute atomic E-state index is 12.2. The summed E-state index contributed by atoms with van der Waals surface area (Å²) < 4.78 is 5.46. The summed E-state index contributed by atoms with van der Waals surface area (Å²) in [6, 6.07) is 7.77. The molecule has 0 aliphatic rings. The molecule has 0 radical (unpaired) electrons. The first kappa shape index (κ1) is 17.5. The van der Waals surface area contributed by atoms with Gasteiger partial charge in [0.1, 0.15) is 5.75 Å². The molecule has 3 N–H and O–H groups in total. The standard InChI is InChI=1S/C17H28N2O2/c1-5-21-15-8-6-7-13(9-15)12-19-16(20)14(11-18)10-17(2,3)4/h6-9,14H,5,10-12,18H2,1-4H3,(H,19,20). The Morgan fingerprint density at radius 3 is 2.67 bits per heavy atom. The quantitative estimate of drug-likeness (QED) is 0.812. The molecule has 0 saturated carbocycles. The lowest BCUT2D eigenvalue weighted by Crippen LogP contribution is -2.36. The van der Waals surface area contributed by atoms with Crippen LogP contribution in [0.5, 0.6) is 5.75 Å². The zero-order valence-corrected chi connectivity index (χ0v) is 13.6. The lowest BCUT2D eigenvalue weighted by Gasteiger charge is -2.24. The smallest absolute Gasteiger partial charge is 0.224 e. The average Bonchev–Trinajstić information content (AvgIpc) is 2.42. The van der Waals surface area contributed by atoms with E-state index in [0.29, 0.717) is 19.7 Å². The summed E-state index contributed by atoms with van der Waals surface area (Å²) in [5.41, 5.74) is 6.85. The maximum atomic E-state index is 12.2. The number of hydrogen-bond acceptors (Lipinski definition) is 3. The Kier molecular flexibility index (Phi) is 6.69. The van der Waals surface area contributed by atoms with Crippen molar-refractivity contribution in [3.05, 3.63) is 29.8 Å². The summed E-state index contributed by atoms with van der Waals surface area (Å²) >= 11 is 0. The van der Waals surface area contributed by atoms with Crippen LogP contribution in [0.1, 0.15) is 39.7 Å². The van der Waals surface area contributed by atoms with Gasteiger partial charge in [0.25, 0.3) is 0 Å². The Morgan fingerprint density at radius 1 is 1.38 bits per heavy atom. The van der Waals surface area contributed by atoms with Gasteiger partial charge >= 0.3 is 0 Å². The predicted octanol–water partition coefficient (Wildman–Crippen LogP) is 2.71. The highest BCUT2D eigenvalue weighted by atomic mass is 16.5. The zero-order chi connectivity index (χ0) is 15.9. The van der Waals surface area contributed by atoms with E-state index < -0.39 is 0 Å². The Morgan fingerprint density at radius 2 is 2.10 bits per heavy atom. The summed E-state index contributed by atoms with van der Waals surface area (Å²) in [5.74, 6) is 0.712. The van der Waals surface area contributed by atoms with Gasteiger partial charge in [-0.05, 0) is 36.5 Å². The SMILES string of the molecule is CCOc1cccc(CNC(=O)C(CN)CC(C)(C)C)c1. The van der Waals surface area contributed by atoms with Gasteiger partial charge < -0.3 is 15.8 Å². The first-order chi connectivity index (χ1) is 9.85. The van der Waals surface area contributed by atoms with E-state index in [1.54, 1.807) is 0 Å². The van der Waals surface area contributed by atoms with Crippen molar-refractivity contribution >= 4 is 5.91 Å². The lowest BCUT2D eigenvalue weighted by atomic mass is 9.84. The van der Waals surface area contributed by atoms with Gasteiger partial charge in [-0.15, -0.1) is 0 Å². The monoisotopic (exact) mass is 292 g/mol. The molecule has 0 aliphatic carbocycles. The molecule has 1 atom stereocenters. The third kappa shape index (κ3) is 6.63. The highest BCUT2D eigenvalue weighted by Crippen LogP contribution is 2.24. The molecule has 1 aromatic carbocycles. The molecule has 0 aliphatic heterocycles. The molecule has 118 valence electrons. The van der Waals surface area contributed by atoms with E-state index in [1.165, 1.54) is 0 Å². The number of carbonyl (C=O) groups is 1. The van der Waals surface area contributed by atoms with Crippen molar-refractivity contribution in [3.63, 3.8) is 0 Å². The van der Waals surface area contributed by atoms with Gasteiger partial charge in [0.2, 0.25) is 5.91 Å². The van der Waals surface area contributed by atoms with Crippen molar-refractivity contribution in [1.82, 2.24) is 5.32 Å². The van der Waals surface area contributed by atoms with Gasteiger partial charge in [-0.3, -0.25) is 4.79 Å². The van der Waals surface area contributed by atoms with Crippen LogP contribution in [0, 0.1) is 11.3 Å². The highest BCUT2D eigenvalue weighted by molar-refractivity contribution is 5.78. The normalized spacial score (nSPS) is 12.8. The summed E-state index contributed by atoms with van der Waals surface area (Å²) in [6.07, 6.45) is 0.786. The fourth-order valence-electron chi connectivity index (χ4n) is 2.27. The molecule has 0 saturated heterocycles. The van der Waals surface area contributed by atoms with Gasteiger partial charge in [0.05, 0.1) is 12.5 Å². The summed E-state index contributed by atoms with van der Waals surface area (Å²) in [7, 11) is 0. The largest absolute Gasteiger partial charge is 0.494 e. The molecular formula is C17H28N2O2. The van der Waals surface area contributed by atoms with Crippen molar-refractivity contribution in [3.8, 4) is 5.75 Å². The van der Waals surface area contributed by atoms with E-state index in [1.807, 2.05) is 31.2 Å². The maximum Gasteiger partial charge on any atom is 0.224 e. The molecule has 1 unspecified atom stereocenters. The number of hydrogen-bond donors (Lipinski definition) is 2. The average molecular weight is 292 g/mol. The molecule has 0 aromatic heterocycles. The number of nitrogens with two attached hydrogens (primary N) is 1. The highest BCUT2D eigenvalue weighted by Gasteiger charge is 2.23. The van der Waals surface area contributed by atoms with Crippen LogP contribution in [-0.4, -0.2) is 19.1 Å². The number of rotatable bonds is 7. The number of ether oxygens (including phenoxy) is 1. The molecule has 0 bridgehead atoms. The molecule has 1 amide bonds. The Hall–Kier alpha value is -1.55. The van der Waals surface area contributed by atoms with Crippen LogP contribution >= 0.6 is 0 Å². The van der Waals surface area contributed by atoms with E-state index in [-0.39, 0.29) is 17.2 Å². The van der Waals surface area contributed by atoms with E-state index in [9.17, 15) is 4.79 Å². The van der Waals surface area contributed by atoms with E-state index >= 15 is 0 Å². The first-order valence-corrected chi connectivity index (χ1v) is 7.55. The summed E-state index contributed by atoms with van der Waals surface area (Å²) in [4.78, 5) is 12.2. The fraction of sp³-hybridized carbons (Fsp3) is 0.588. The number of carbonyl (C=O) groups excluding carboxylic acids is 1. The Balaban J connectivity index is 2.56. The lowest BCUT2D eigenvalue weighted by molar-refractivity contribution is -0.125. The van der Waals surface area contributed by atoms with Gasteiger partial charge in [0, 0.05) is 13.1 Å². The number of nitrogens with one attached hydrogen (secondary N) is 1. The van der Waals surface area contributed by atoms with Crippen LogP contribution < -0.4 is 15.8 Å². The zero-order valence-electron chi connectivity index (χ0n) is 13.6. The van der Waals surface area contributed by atoms with Crippen LogP contribution in [-0.2, 0) is 11.3 Å². The second kappa shape index (κ2) is 8.03. The van der Waals surface area contributed by atoms with Crippen molar-refractivity contribution in [2.45, 2.75) is 40.7 Å². The van der Waals surface area contributed by atoms with Crippen LogP contribution in [0.4, 0.5) is 0 Å². The topological polar surface area (TPSA) is 64.3 Å². The molecule has 4 heteroatoms. The second-order valence-electron chi connectivity index (χ2n) is 6.50. The minimum atomic E-state index is -0.139. The molecule has 1 aromatic rings. The molecule has 1 rings (SSSR count). The Labute approximate surface area is 128 Å². The first-order valence-electron chi connectivity index (χ1n) is 7.55. The van der Waals surface area contributed by atoms with Crippen LogP contribution in [0.15, 0.2) is 24.3 Å². The third-order valence-electron chi connectivity index (χ3n) is 3.19. The molecule has 21 heavy (non-hydrogen) atoms. The van der Waals surface area contributed by atoms with Crippen molar-refractivity contribution in [2.24, 2.45) is 17.1 Å². The molecule has 0 heterocycles. The van der Waals surface area contributed by atoms with Crippen molar-refractivity contribution in [2.75, 3.05) is 13.2 Å². The van der Waals surface area contributed by atoms with E-state index in [0.717, 1.165) is 17.7 Å². The molecule has 0 spiro atoms. The van der Waals surface area contributed by atoms with E-state index in [2.05, 4.69) is 26.1 Å². The summed E-state index contributed by atoms with van der Waals surface area (Å²) in [6.45, 7) is 9.82. The Bertz CT molecular complexity index is 452. The minimum Gasteiger partial charge on any atom is -0.494 e. The van der Waals surface area contributed by atoms with Crippen LogP contribution in [0.3, 0.4) is 0 Å². The second-order valence-corrected chi connectivity index (χ2v) is 6.50. The van der Waals surface area contributed by atoms with Gasteiger partial charge in [-0.2, -0.15) is 0 Å². The van der Waals surface area contributed by atoms with Gasteiger partial charge in [-0.25, -0.2) is 0 Å². The van der Waals surface area contributed by atoms with Crippen molar-refractivity contribution < 1.29 is 9.53 Å². The summed E-state index contributed by atoms with van der Waals surface area (Å²) in [5, 5.41) is 2.97. The predicted molar refractivity (Wildman–Crippen MR) is 86.1 cm³/mol. The molecule has 0 fully saturated rings. The van der Waals surface area contributed by atoms with Crippen LogP contribution in [0.25, 0.3) is 0 Å². The van der Waals surface area contributed by atoms with Gasteiger partial charge in [-0.1, -0.05) is 32.9 Å². The van der Waals surface area contributed by atoms with Crippen molar-refractivity contribution in [1.29, 1.82) is 0 Å². The number of amides is 1. The number of benzene rings is 1.